The number of benzene rings is 2. The molecule has 0 unspecified atom stereocenters. The molecule has 0 bridgehead atoms. The number of methoxy groups -OCH3 is 2. The Bertz CT molecular complexity index is 1190. The Hall–Kier alpha value is -2.73. The third kappa shape index (κ3) is 3.02. The lowest BCUT2D eigenvalue weighted by Crippen LogP contribution is -1.99. The van der Waals surface area contributed by atoms with Crippen LogP contribution in [-0.4, -0.2) is 28.4 Å². The zero-order valence-corrected chi connectivity index (χ0v) is 18.1. The summed E-state index contributed by atoms with van der Waals surface area (Å²) in [7, 11) is 3.33. The number of aromatic nitrogens is 3. The van der Waals surface area contributed by atoms with Crippen LogP contribution in [0.15, 0.2) is 53.1 Å². The molecule has 0 fully saturated rings. The van der Waals surface area contributed by atoms with E-state index in [9.17, 15) is 0 Å². The highest BCUT2D eigenvalue weighted by Gasteiger charge is 2.23. The highest BCUT2D eigenvalue weighted by atomic mass is 79.9. The third-order valence-electron chi connectivity index (χ3n) is 5.63. The van der Waals surface area contributed by atoms with E-state index in [0.717, 1.165) is 52.3 Å². The Balaban J connectivity index is 1.69. The van der Waals surface area contributed by atoms with Crippen LogP contribution in [0.4, 0.5) is 0 Å². The van der Waals surface area contributed by atoms with Crippen LogP contribution in [0.25, 0.3) is 28.2 Å². The van der Waals surface area contributed by atoms with E-state index in [0.29, 0.717) is 0 Å². The van der Waals surface area contributed by atoms with Crippen molar-refractivity contribution in [3.05, 3.63) is 58.7 Å². The smallest absolute Gasteiger partial charge is 0.162 e. The Kier molecular flexibility index (Phi) is 4.59. The van der Waals surface area contributed by atoms with Crippen molar-refractivity contribution >= 4 is 21.6 Å². The molecule has 3 heterocycles. The summed E-state index contributed by atoms with van der Waals surface area (Å²) in [4.78, 5) is 0. The fraction of sp³-hybridized carbons (Fsp3) is 0.261. The Morgan fingerprint density at radius 3 is 2.45 bits per heavy atom. The van der Waals surface area contributed by atoms with Crippen molar-refractivity contribution in [2.24, 2.45) is 0 Å². The van der Waals surface area contributed by atoms with E-state index in [1.165, 1.54) is 23.2 Å². The zero-order valence-electron chi connectivity index (χ0n) is 16.5. The summed E-state index contributed by atoms with van der Waals surface area (Å²) in [6.07, 6.45) is 5.51. The Morgan fingerprint density at radius 1 is 0.931 bits per heavy atom. The Morgan fingerprint density at radius 2 is 1.69 bits per heavy atom. The monoisotopic (exact) mass is 451 g/mol. The highest BCUT2D eigenvalue weighted by molar-refractivity contribution is 9.10. The number of rotatable bonds is 4. The van der Waals surface area contributed by atoms with Crippen LogP contribution in [-0.2, 0) is 13.0 Å². The fourth-order valence-corrected chi connectivity index (χ4v) is 4.50. The number of nitrogens with zero attached hydrogens (tertiary/aromatic N) is 3. The van der Waals surface area contributed by atoms with Gasteiger partial charge in [0.25, 0.3) is 0 Å². The van der Waals surface area contributed by atoms with Gasteiger partial charge in [0, 0.05) is 33.9 Å². The standard InChI is InChI=1S/C23H22BrN3O2/c1-28-20-11-8-16(13-21(20)29-2)19-14-27-23-18(19)5-3-4-12-26(23)22(25-27)15-6-9-17(24)10-7-15/h6-11,13-14H,3-5,12H2,1-2H3. The van der Waals surface area contributed by atoms with E-state index >= 15 is 0 Å². The summed E-state index contributed by atoms with van der Waals surface area (Å²) < 4.78 is 16.4. The molecule has 2 aromatic heterocycles. The van der Waals surface area contributed by atoms with Gasteiger partial charge in [-0.05, 0) is 49.1 Å². The van der Waals surface area contributed by atoms with Crippen molar-refractivity contribution in [2.45, 2.75) is 25.8 Å². The van der Waals surface area contributed by atoms with Gasteiger partial charge in [0.05, 0.1) is 14.2 Å². The fourth-order valence-electron chi connectivity index (χ4n) is 4.23. The molecular weight excluding hydrogens is 430 g/mol. The van der Waals surface area contributed by atoms with Crippen molar-refractivity contribution in [1.29, 1.82) is 0 Å². The summed E-state index contributed by atoms with van der Waals surface area (Å²) in [6, 6.07) is 14.5. The van der Waals surface area contributed by atoms with Crippen LogP contribution in [0.1, 0.15) is 18.4 Å². The molecular formula is C23H22BrN3O2. The van der Waals surface area contributed by atoms with E-state index in [1.54, 1.807) is 14.2 Å². The van der Waals surface area contributed by atoms with Gasteiger partial charge in [0.15, 0.2) is 17.3 Å². The molecule has 0 spiro atoms. The molecule has 0 N–H and O–H groups in total. The summed E-state index contributed by atoms with van der Waals surface area (Å²) >= 11 is 3.52. The van der Waals surface area contributed by atoms with E-state index in [1.807, 2.05) is 10.6 Å². The van der Waals surface area contributed by atoms with Crippen LogP contribution in [0.2, 0.25) is 0 Å². The number of aryl methyl sites for hydroxylation is 2. The lowest BCUT2D eigenvalue weighted by molar-refractivity contribution is 0.355. The van der Waals surface area contributed by atoms with Gasteiger partial charge in [-0.1, -0.05) is 34.1 Å². The van der Waals surface area contributed by atoms with Gasteiger partial charge in [-0.2, -0.15) is 0 Å². The van der Waals surface area contributed by atoms with Crippen molar-refractivity contribution < 1.29 is 9.47 Å². The van der Waals surface area contributed by atoms with E-state index in [2.05, 4.69) is 63.1 Å². The maximum atomic E-state index is 5.52. The second kappa shape index (κ2) is 7.26. The van der Waals surface area contributed by atoms with Crippen molar-refractivity contribution in [3.63, 3.8) is 0 Å². The minimum atomic E-state index is 0.742. The minimum Gasteiger partial charge on any atom is -0.493 e. The molecule has 4 aromatic rings. The van der Waals surface area contributed by atoms with Crippen LogP contribution in [0.3, 0.4) is 0 Å². The first kappa shape index (κ1) is 18.3. The average molecular weight is 452 g/mol. The molecule has 5 rings (SSSR count). The zero-order chi connectivity index (χ0) is 20.0. The molecule has 2 aromatic carbocycles. The summed E-state index contributed by atoms with van der Waals surface area (Å²) in [6.45, 7) is 0.983. The first-order chi connectivity index (χ1) is 14.2. The molecule has 0 radical (unpaired) electrons. The first-order valence-electron chi connectivity index (χ1n) is 9.78. The van der Waals surface area contributed by atoms with Crippen LogP contribution < -0.4 is 9.47 Å². The minimum absolute atomic E-state index is 0.742. The molecule has 148 valence electrons. The molecule has 1 aliphatic heterocycles. The van der Waals surface area contributed by atoms with Crippen molar-refractivity contribution in [1.82, 2.24) is 14.2 Å². The van der Waals surface area contributed by atoms with E-state index in [-0.39, 0.29) is 0 Å². The molecule has 0 saturated heterocycles. The second-order valence-electron chi connectivity index (χ2n) is 7.30. The van der Waals surface area contributed by atoms with Gasteiger partial charge in [-0.15, -0.1) is 5.10 Å². The molecule has 0 saturated carbocycles. The lowest BCUT2D eigenvalue weighted by Gasteiger charge is -2.10. The van der Waals surface area contributed by atoms with E-state index in [4.69, 9.17) is 14.6 Å². The van der Waals surface area contributed by atoms with Crippen molar-refractivity contribution in [3.8, 4) is 34.0 Å². The first-order valence-corrected chi connectivity index (χ1v) is 10.6. The van der Waals surface area contributed by atoms with Crippen LogP contribution in [0, 0.1) is 0 Å². The van der Waals surface area contributed by atoms with Crippen LogP contribution >= 0.6 is 15.9 Å². The number of ether oxygens (including phenoxy) is 2. The quantitative estimate of drug-likeness (QED) is 0.406. The largest absolute Gasteiger partial charge is 0.493 e. The molecule has 0 atom stereocenters. The predicted octanol–water partition coefficient (Wildman–Crippen LogP) is 5.59. The van der Waals surface area contributed by atoms with Gasteiger partial charge in [0.2, 0.25) is 0 Å². The summed E-state index contributed by atoms with van der Waals surface area (Å²) in [5, 5.41) is 4.96. The van der Waals surface area contributed by atoms with E-state index < -0.39 is 0 Å². The second-order valence-corrected chi connectivity index (χ2v) is 8.21. The number of hydrogen-bond acceptors (Lipinski definition) is 3. The molecule has 29 heavy (non-hydrogen) atoms. The van der Waals surface area contributed by atoms with Crippen LogP contribution in [0.5, 0.6) is 11.5 Å². The predicted molar refractivity (Wildman–Crippen MR) is 118 cm³/mol. The molecule has 5 nitrogen and oxygen atoms in total. The van der Waals surface area contributed by atoms with Gasteiger partial charge in [-0.25, -0.2) is 4.52 Å². The number of halogens is 1. The normalized spacial score (nSPS) is 13.5. The van der Waals surface area contributed by atoms with Crippen molar-refractivity contribution in [2.75, 3.05) is 14.2 Å². The van der Waals surface area contributed by atoms with Gasteiger partial charge in [-0.3, -0.25) is 0 Å². The lowest BCUT2D eigenvalue weighted by atomic mass is 10.0. The average Bonchev–Trinajstić information content (AvgIpc) is 3.18. The SMILES string of the molecule is COc1ccc(-c2cn3nc(-c4ccc(Br)cc4)n4c3c2CCCC4)cc1OC. The highest BCUT2D eigenvalue weighted by Crippen LogP contribution is 2.38. The number of hydrogen-bond donors (Lipinski definition) is 0. The molecule has 0 amide bonds. The van der Waals surface area contributed by atoms with Gasteiger partial charge in [0.1, 0.15) is 5.65 Å². The third-order valence-corrected chi connectivity index (χ3v) is 6.16. The topological polar surface area (TPSA) is 40.7 Å². The summed E-state index contributed by atoms with van der Waals surface area (Å²) in [5.74, 6) is 2.51. The molecule has 1 aliphatic rings. The van der Waals surface area contributed by atoms with Gasteiger partial charge >= 0.3 is 0 Å². The maximum absolute atomic E-state index is 5.52. The maximum Gasteiger partial charge on any atom is 0.162 e. The molecule has 0 aliphatic carbocycles. The Labute approximate surface area is 178 Å². The van der Waals surface area contributed by atoms with Gasteiger partial charge < -0.3 is 14.0 Å². The summed E-state index contributed by atoms with van der Waals surface area (Å²) in [5.41, 5.74) is 6.03. The molecule has 6 heteroatoms.